The minimum atomic E-state index is -0.705. The normalized spacial score (nSPS) is 11.4. The number of fused-ring (bicyclic) bond motifs is 1. The molecule has 3 rings (SSSR count). The first-order chi connectivity index (χ1) is 16.0. The summed E-state index contributed by atoms with van der Waals surface area (Å²) in [5.74, 6) is -1.52. The van der Waals surface area contributed by atoms with Gasteiger partial charge in [0.2, 0.25) is 0 Å². The predicted octanol–water partition coefficient (Wildman–Crippen LogP) is 4.06. The second-order valence-corrected chi connectivity index (χ2v) is 8.79. The zero-order valence-electron chi connectivity index (χ0n) is 19.8. The second kappa shape index (κ2) is 10.1. The molecule has 2 aromatic heterocycles. The Balaban J connectivity index is 1.73. The maximum Gasteiger partial charge on any atom is 0.407 e. The second-order valence-electron chi connectivity index (χ2n) is 8.79. The lowest BCUT2D eigenvalue weighted by molar-refractivity contribution is 0.0526. The lowest BCUT2D eigenvalue weighted by Gasteiger charge is -2.19. The van der Waals surface area contributed by atoms with Crippen LogP contribution in [0.2, 0.25) is 0 Å². The maximum absolute atomic E-state index is 14.0. The van der Waals surface area contributed by atoms with Crippen molar-refractivity contribution in [3.63, 3.8) is 0 Å². The Labute approximate surface area is 196 Å². The topological polar surface area (TPSA) is 94.0 Å². The van der Waals surface area contributed by atoms with Crippen LogP contribution in [0.5, 0.6) is 5.75 Å². The molecular weight excluding hydrogens is 446 g/mol. The molecule has 3 aromatic rings. The van der Waals surface area contributed by atoms with E-state index in [4.69, 9.17) is 9.47 Å². The monoisotopic (exact) mass is 474 g/mol. The van der Waals surface area contributed by atoms with E-state index in [0.29, 0.717) is 11.3 Å². The van der Waals surface area contributed by atoms with Gasteiger partial charge in [0, 0.05) is 19.3 Å². The molecular formula is C24H28F2N4O4. The highest BCUT2D eigenvalue weighted by Crippen LogP contribution is 2.26. The summed E-state index contributed by atoms with van der Waals surface area (Å²) in [6.45, 7) is 8.78. The molecule has 2 heterocycles. The molecule has 0 spiro atoms. The Bertz CT molecular complexity index is 1200. The number of nitrogens with one attached hydrogen (secondary N) is 2. The van der Waals surface area contributed by atoms with Crippen LogP contribution in [0, 0.1) is 25.5 Å². The van der Waals surface area contributed by atoms with Crippen LogP contribution >= 0.6 is 0 Å². The molecule has 0 atom stereocenters. The number of carbonyl (C=O) groups excluding carboxylic acids is 2. The molecule has 0 fully saturated rings. The Hall–Kier alpha value is -3.69. The minimum absolute atomic E-state index is 0.173. The summed E-state index contributed by atoms with van der Waals surface area (Å²) < 4.78 is 40.4. The van der Waals surface area contributed by atoms with Crippen molar-refractivity contribution in [2.75, 3.05) is 13.1 Å². The number of imidazole rings is 1. The number of nitrogens with zero attached hydrogens (tertiary/aromatic N) is 2. The highest BCUT2D eigenvalue weighted by Gasteiger charge is 2.20. The van der Waals surface area contributed by atoms with Crippen LogP contribution in [0.25, 0.3) is 5.65 Å². The summed E-state index contributed by atoms with van der Waals surface area (Å²) in [7, 11) is 0. The van der Waals surface area contributed by atoms with Crippen LogP contribution in [-0.2, 0) is 11.3 Å². The predicted molar refractivity (Wildman–Crippen MR) is 122 cm³/mol. The molecule has 2 amide bonds. The first kappa shape index (κ1) is 24.9. The van der Waals surface area contributed by atoms with E-state index in [2.05, 4.69) is 15.6 Å². The number of carbonyl (C=O) groups is 2. The number of hydrogen-bond donors (Lipinski definition) is 2. The van der Waals surface area contributed by atoms with Gasteiger partial charge in [0.1, 0.15) is 29.5 Å². The number of aromatic nitrogens is 2. The van der Waals surface area contributed by atoms with Crippen molar-refractivity contribution in [3.8, 4) is 5.75 Å². The fraction of sp³-hybridized carbons (Fsp3) is 0.375. The molecule has 34 heavy (non-hydrogen) atoms. The number of aryl methyl sites for hydroxylation is 2. The third kappa shape index (κ3) is 6.00. The third-order valence-corrected chi connectivity index (χ3v) is 4.72. The quantitative estimate of drug-likeness (QED) is 0.504. The average Bonchev–Trinajstić information content (AvgIpc) is 3.05. The average molecular weight is 475 g/mol. The van der Waals surface area contributed by atoms with Crippen LogP contribution in [0.1, 0.15) is 48.1 Å². The van der Waals surface area contributed by atoms with Gasteiger partial charge in [-0.3, -0.25) is 9.20 Å². The fourth-order valence-corrected chi connectivity index (χ4v) is 3.30. The van der Waals surface area contributed by atoms with Gasteiger partial charge in [-0.15, -0.1) is 0 Å². The SMILES string of the molecule is Cc1cc(OCc2c(F)cccc2F)c2nc(C)c(C(=O)NCCNC(=O)OC(C)(C)C)n2c1. The summed E-state index contributed by atoms with van der Waals surface area (Å²) in [5, 5.41) is 5.31. The molecule has 0 unspecified atom stereocenters. The van der Waals surface area contributed by atoms with Gasteiger partial charge in [-0.25, -0.2) is 18.6 Å². The maximum atomic E-state index is 14.0. The third-order valence-electron chi connectivity index (χ3n) is 4.72. The van der Waals surface area contributed by atoms with Crippen molar-refractivity contribution < 1.29 is 27.8 Å². The summed E-state index contributed by atoms with van der Waals surface area (Å²) in [6.07, 6.45) is 1.15. The number of hydrogen-bond acceptors (Lipinski definition) is 5. The summed E-state index contributed by atoms with van der Waals surface area (Å²) in [4.78, 5) is 29.0. The number of benzene rings is 1. The fourth-order valence-electron chi connectivity index (χ4n) is 3.30. The molecule has 8 nitrogen and oxygen atoms in total. The van der Waals surface area contributed by atoms with E-state index in [9.17, 15) is 18.4 Å². The molecule has 10 heteroatoms. The van der Waals surface area contributed by atoms with E-state index in [0.717, 1.165) is 17.7 Å². The van der Waals surface area contributed by atoms with Crippen molar-refractivity contribution in [1.29, 1.82) is 0 Å². The Morgan fingerprint density at radius 3 is 2.38 bits per heavy atom. The molecule has 1 aromatic carbocycles. The van der Waals surface area contributed by atoms with E-state index in [1.807, 2.05) is 0 Å². The van der Waals surface area contributed by atoms with Gasteiger partial charge in [0.15, 0.2) is 11.4 Å². The Kier molecular flexibility index (Phi) is 7.38. The highest BCUT2D eigenvalue weighted by atomic mass is 19.1. The number of amides is 2. The summed E-state index contributed by atoms with van der Waals surface area (Å²) >= 11 is 0. The van der Waals surface area contributed by atoms with Crippen molar-refractivity contribution in [2.45, 2.75) is 46.8 Å². The zero-order chi connectivity index (χ0) is 25.0. The Morgan fingerprint density at radius 2 is 1.74 bits per heavy atom. The van der Waals surface area contributed by atoms with Crippen molar-refractivity contribution >= 4 is 17.6 Å². The van der Waals surface area contributed by atoms with Crippen LogP contribution in [0.4, 0.5) is 13.6 Å². The standard InChI is InChI=1S/C24H28F2N4O4/c1-14-11-19(33-13-16-17(25)7-6-8-18(16)26)21-29-15(2)20(30(21)12-14)22(31)27-9-10-28-23(32)34-24(3,4)5/h6-8,11-12H,9-10,13H2,1-5H3,(H,27,31)(H,28,32). The molecule has 0 bridgehead atoms. The van der Waals surface area contributed by atoms with Crippen LogP contribution in [-0.4, -0.2) is 40.1 Å². The number of ether oxygens (including phenoxy) is 2. The Morgan fingerprint density at radius 1 is 1.09 bits per heavy atom. The number of halogens is 2. The smallest absolute Gasteiger partial charge is 0.407 e. The molecule has 0 saturated carbocycles. The van der Waals surface area contributed by atoms with Crippen molar-refractivity contribution in [1.82, 2.24) is 20.0 Å². The van der Waals surface area contributed by atoms with Crippen LogP contribution in [0.3, 0.4) is 0 Å². The van der Waals surface area contributed by atoms with Crippen LogP contribution in [0.15, 0.2) is 30.5 Å². The highest BCUT2D eigenvalue weighted by molar-refractivity contribution is 5.95. The van der Waals surface area contributed by atoms with E-state index in [1.165, 1.54) is 6.07 Å². The number of rotatable bonds is 7. The van der Waals surface area contributed by atoms with Gasteiger partial charge in [-0.2, -0.15) is 0 Å². The largest absolute Gasteiger partial charge is 0.485 e. The lowest BCUT2D eigenvalue weighted by Crippen LogP contribution is -2.38. The van der Waals surface area contributed by atoms with Crippen LogP contribution < -0.4 is 15.4 Å². The first-order valence-corrected chi connectivity index (χ1v) is 10.8. The molecule has 0 aliphatic rings. The van der Waals surface area contributed by atoms with Crippen molar-refractivity contribution in [2.24, 2.45) is 0 Å². The van der Waals surface area contributed by atoms with Gasteiger partial charge in [-0.05, 0) is 58.4 Å². The zero-order valence-corrected chi connectivity index (χ0v) is 19.8. The van der Waals surface area contributed by atoms with E-state index >= 15 is 0 Å². The van der Waals surface area contributed by atoms with E-state index in [-0.39, 0.29) is 36.7 Å². The number of pyridine rings is 1. The van der Waals surface area contributed by atoms with Gasteiger partial charge >= 0.3 is 6.09 Å². The summed E-state index contributed by atoms with van der Waals surface area (Å²) in [6, 6.07) is 5.29. The van der Waals surface area contributed by atoms with E-state index in [1.54, 1.807) is 51.3 Å². The minimum Gasteiger partial charge on any atom is -0.485 e. The number of alkyl carbamates (subject to hydrolysis) is 1. The molecule has 182 valence electrons. The summed E-state index contributed by atoms with van der Waals surface area (Å²) in [5.41, 5.74) is 1.03. The molecule has 2 N–H and O–H groups in total. The van der Waals surface area contributed by atoms with Gasteiger partial charge in [-0.1, -0.05) is 6.07 Å². The molecule has 0 aliphatic carbocycles. The van der Waals surface area contributed by atoms with Gasteiger partial charge in [0.25, 0.3) is 5.91 Å². The molecule has 0 saturated heterocycles. The molecule has 0 radical (unpaired) electrons. The lowest BCUT2D eigenvalue weighted by atomic mass is 10.2. The van der Waals surface area contributed by atoms with E-state index < -0.39 is 29.2 Å². The molecule has 0 aliphatic heterocycles. The van der Waals surface area contributed by atoms with Gasteiger partial charge in [0.05, 0.1) is 11.3 Å². The first-order valence-electron chi connectivity index (χ1n) is 10.8. The van der Waals surface area contributed by atoms with Crippen molar-refractivity contribution in [3.05, 3.63) is 64.6 Å². The van der Waals surface area contributed by atoms with Gasteiger partial charge < -0.3 is 20.1 Å².